The van der Waals surface area contributed by atoms with Crippen LogP contribution in [0, 0.1) is 0 Å². The summed E-state index contributed by atoms with van der Waals surface area (Å²) in [5.74, 6) is -0.491. The van der Waals surface area contributed by atoms with Gasteiger partial charge in [-0.1, -0.05) is 6.07 Å². The molecule has 23 heavy (non-hydrogen) atoms. The SMILES string of the molecule is CC(NS(=O)(=O)c1ccc(OC(F)(F)F)cc1)c1ccccn1. The summed E-state index contributed by atoms with van der Waals surface area (Å²) >= 11 is 0. The molecule has 5 nitrogen and oxygen atoms in total. The minimum absolute atomic E-state index is 0.171. The first-order valence-electron chi connectivity index (χ1n) is 6.46. The zero-order chi connectivity index (χ0) is 17.1. The number of rotatable bonds is 5. The lowest BCUT2D eigenvalue weighted by molar-refractivity contribution is -0.274. The van der Waals surface area contributed by atoms with Crippen molar-refractivity contribution in [1.29, 1.82) is 0 Å². The summed E-state index contributed by atoms with van der Waals surface area (Å²) in [5.41, 5.74) is 0.521. The molecule has 1 atom stereocenters. The van der Waals surface area contributed by atoms with Crippen LogP contribution in [0.2, 0.25) is 0 Å². The molecule has 1 heterocycles. The molecule has 2 aromatic rings. The van der Waals surface area contributed by atoms with Gasteiger partial charge in [-0.15, -0.1) is 13.2 Å². The van der Waals surface area contributed by atoms with Crippen LogP contribution in [0.1, 0.15) is 18.7 Å². The lowest BCUT2D eigenvalue weighted by Gasteiger charge is -2.14. The summed E-state index contributed by atoms with van der Waals surface area (Å²) < 4.78 is 66.7. The standard InChI is InChI=1S/C14H13F3N2O3S/c1-10(13-4-2-3-9-18-13)19-23(20,21)12-7-5-11(6-8-12)22-14(15,16)17/h2-10,19H,1H3. The van der Waals surface area contributed by atoms with Crippen LogP contribution in [0.5, 0.6) is 5.75 Å². The lowest BCUT2D eigenvalue weighted by atomic mass is 10.2. The highest BCUT2D eigenvalue weighted by molar-refractivity contribution is 7.89. The predicted octanol–water partition coefficient (Wildman–Crippen LogP) is 3.02. The fraction of sp³-hybridized carbons (Fsp3) is 0.214. The van der Waals surface area contributed by atoms with E-state index in [1.165, 1.54) is 6.20 Å². The van der Waals surface area contributed by atoms with Crippen molar-refractivity contribution in [3.63, 3.8) is 0 Å². The Labute approximate surface area is 131 Å². The third-order valence-electron chi connectivity index (χ3n) is 2.83. The molecule has 0 aliphatic rings. The van der Waals surface area contributed by atoms with Gasteiger partial charge in [-0.05, 0) is 43.3 Å². The van der Waals surface area contributed by atoms with Crippen molar-refractivity contribution in [2.75, 3.05) is 0 Å². The fourth-order valence-corrected chi connectivity index (χ4v) is 3.03. The van der Waals surface area contributed by atoms with Gasteiger partial charge in [0.25, 0.3) is 0 Å². The second kappa shape index (κ2) is 6.55. The van der Waals surface area contributed by atoms with E-state index in [2.05, 4.69) is 14.4 Å². The number of hydrogen-bond acceptors (Lipinski definition) is 4. The molecule has 0 aliphatic carbocycles. The topological polar surface area (TPSA) is 68.3 Å². The highest BCUT2D eigenvalue weighted by Crippen LogP contribution is 2.24. The molecule has 0 saturated carbocycles. The number of aromatic nitrogens is 1. The maximum Gasteiger partial charge on any atom is 0.573 e. The van der Waals surface area contributed by atoms with Crippen LogP contribution in [0.25, 0.3) is 0 Å². The van der Waals surface area contributed by atoms with E-state index in [9.17, 15) is 21.6 Å². The van der Waals surface area contributed by atoms with E-state index in [1.54, 1.807) is 25.1 Å². The first-order valence-corrected chi connectivity index (χ1v) is 7.95. The van der Waals surface area contributed by atoms with Crippen LogP contribution in [-0.4, -0.2) is 19.8 Å². The van der Waals surface area contributed by atoms with Crippen molar-refractivity contribution < 1.29 is 26.3 Å². The molecule has 0 spiro atoms. The Kier molecular flexibility index (Phi) is 4.90. The van der Waals surface area contributed by atoms with Crippen molar-refractivity contribution in [2.45, 2.75) is 24.2 Å². The lowest BCUT2D eigenvalue weighted by Crippen LogP contribution is -2.27. The molecule has 0 amide bonds. The highest BCUT2D eigenvalue weighted by Gasteiger charge is 2.31. The summed E-state index contributed by atoms with van der Waals surface area (Å²) in [6, 6.07) is 8.44. The van der Waals surface area contributed by atoms with Crippen LogP contribution in [0.4, 0.5) is 13.2 Å². The van der Waals surface area contributed by atoms with E-state index in [1.807, 2.05) is 0 Å². The zero-order valence-electron chi connectivity index (χ0n) is 11.9. The van der Waals surface area contributed by atoms with E-state index in [-0.39, 0.29) is 4.90 Å². The summed E-state index contributed by atoms with van der Waals surface area (Å²) in [6.07, 6.45) is -3.30. The van der Waals surface area contributed by atoms with Gasteiger partial charge >= 0.3 is 6.36 Å². The Morgan fingerprint density at radius 1 is 1.13 bits per heavy atom. The van der Waals surface area contributed by atoms with Crippen LogP contribution >= 0.6 is 0 Å². The zero-order valence-corrected chi connectivity index (χ0v) is 12.7. The molecule has 9 heteroatoms. The maximum absolute atomic E-state index is 12.2. The van der Waals surface area contributed by atoms with Gasteiger partial charge in [-0.3, -0.25) is 4.98 Å². The maximum atomic E-state index is 12.2. The number of alkyl halides is 3. The number of halogens is 3. The van der Waals surface area contributed by atoms with Crippen LogP contribution in [-0.2, 0) is 10.0 Å². The summed E-state index contributed by atoms with van der Waals surface area (Å²) in [5, 5.41) is 0. The molecule has 0 aliphatic heterocycles. The smallest absolute Gasteiger partial charge is 0.406 e. The second-order valence-corrected chi connectivity index (χ2v) is 6.33. The third kappa shape index (κ3) is 4.93. The van der Waals surface area contributed by atoms with Crippen molar-refractivity contribution in [3.05, 3.63) is 54.4 Å². The summed E-state index contributed by atoms with van der Waals surface area (Å²) in [4.78, 5) is 3.87. The van der Waals surface area contributed by atoms with Crippen LogP contribution in [0.15, 0.2) is 53.6 Å². The van der Waals surface area contributed by atoms with Crippen molar-refractivity contribution in [2.24, 2.45) is 0 Å². The van der Waals surface area contributed by atoms with Gasteiger partial charge in [0.1, 0.15) is 5.75 Å². The largest absolute Gasteiger partial charge is 0.573 e. The Morgan fingerprint density at radius 2 is 1.78 bits per heavy atom. The minimum atomic E-state index is -4.83. The number of nitrogens with zero attached hydrogens (tertiary/aromatic N) is 1. The molecule has 1 aromatic carbocycles. The minimum Gasteiger partial charge on any atom is -0.406 e. The van der Waals surface area contributed by atoms with E-state index < -0.39 is 28.2 Å². The molecule has 1 unspecified atom stereocenters. The third-order valence-corrected chi connectivity index (χ3v) is 4.39. The Morgan fingerprint density at radius 3 is 2.30 bits per heavy atom. The Hall–Kier alpha value is -2.13. The van der Waals surface area contributed by atoms with Gasteiger partial charge < -0.3 is 4.74 Å². The predicted molar refractivity (Wildman–Crippen MR) is 76.1 cm³/mol. The monoisotopic (exact) mass is 346 g/mol. The van der Waals surface area contributed by atoms with Crippen LogP contribution in [0.3, 0.4) is 0 Å². The Balaban J connectivity index is 2.13. The molecular formula is C14H13F3N2O3S. The van der Waals surface area contributed by atoms with E-state index in [0.717, 1.165) is 24.3 Å². The quantitative estimate of drug-likeness (QED) is 0.904. The Bertz CT molecular complexity index is 747. The van der Waals surface area contributed by atoms with Gasteiger partial charge in [0.2, 0.25) is 10.0 Å². The number of benzene rings is 1. The van der Waals surface area contributed by atoms with E-state index in [4.69, 9.17) is 0 Å². The molecule has 1 aromatic heterocycles. The molecular weight excluding hydrogens is 333 g/mol. The average molecular weight is 346 g/mol. The first kappa shape index (κ1) is 17.2. The van der Waals surface area contributed by atoms with Crippen molar-refractivity contribution in [3.8, 4) is 5.75 Å². The van der Waals surface area contributed by atoms with E-state index >= 15 is 0 Å². The average Bonchev–Trinajstić information content (AvgIpc) is 2.46. The molecule has 0 saturated heterocycles. The number of sulfonamides is 1. The second-order valence-electron chi connectivity index (χ2n) is 4.62. The van der Waals surface area contributed by atoms with Gasteiger partial charge in [-0.25, -0.2) is 13.1 Å². The molecule has 124 valence electrons. The van der Waals surface area contributed by atoms with Crippen LogP contribution < -0.4 is 9.46 Å². The summed E-state index contributed by atoms with van der Waals surface area (Å²) in [7, 11) is -3.89. The molecule has 0 radical (unpaired) electrons. The van der Waals surface area contributed by atoms with E-state index in [0.29, 0.717) is 5.69 Å². The fourth-order valence-electron chi connectivity index (χ4n) is 1.81. The van der Waals surface area contributed by atoms with Gasteiger partial charge in [-0.2, -0.15) is 0 Å². The first-order chi connectivity index (χ1) is 10.7. The number of pyridine rings is 1. The van der Waals surface area contributed by atoms with Crippen molar-refractivity contribution in [1.82, 2.24) is 9.71 Å². The van der Waals surface area contributed by atoms with Gasteiger partial charge in [0.15, 0.2) is 0 Å². The molecule has 1 N–H and O–H groups in total. The number of ether oxygens (including phenoxy) is 1. The normalized spacial score (nSPS) is 13.6. The van der Waals surface area contributed by atoms with Gasteiger partial charge in [0.05, 0.1) is 16.6 Å². The molecule has 0 bridgehead atoms. The molecule has 2 rings (SSSR count). The number of nitrogens with one attached hydrogen (secondary N) is 1. The van der Waals surface area contributed by atoms with Gasteiger partial charge in [0, 0.05) is 6.20 Å². The molecule has 0 fully saturated rings. The highest BCUT2D eigenvalue weighted by atomic mass is 32.2. The van der Waals surface area contributed by atoms with Crippen molar-refractivity contribution >= 4 is 10.0 Å². The summed E-state index contributed by atoms with van der Waals surface area (Å²) in [6.45, 7) is 1.61. The number of hydrogen-bond donors (Lipinski definition) is 1.